The summed E-state index contributed by atoms with van der Waals surface area (Å²) in [5.41, 5.74) is 4.98. The fourth-order valence-corrected chi connectivity index (χ4v) is 2.47. The Balaban J connectivity index is 2.97. The molecule has 0 saturated carbocycles. The molecule has 0 aromatic heterocycles. The zero-order chi connectivity index (χ0) is 15.8. The van der Waals surface area contributed by atoms with E-state index in [0.717, 1.165) is 5.75 Å². The van der Waals surface area contributed by atoms with E-state index in [1.807, 2.05) is 0 Å². The summed E-state index contributed by atoms with van der Waals surface area (Å²) in [4.78, 5) is 11.1. The van der Waals surface area contributed by atoms with Crippen molar-refractivity contribution in [2.24, 2.45) is 5.73 Å². The van der Waals surface area contributed by atoms with Crippen molar-refractivity contribution in [1.29, 1.82) is 0 Å². The van der Waals surface area contributed by atoms with E-state index in [0.29, 0.717) is 5.56 Å². The molecule has 1 aromatic carbocycles. The van der Waals surface area contributed by atoms with Crippen LogP contribution in [0.1, 0.15) is 33.3 Å². The number of hydrogen-bond acceptors (Lipinski definition) is 3. The second-order valence-corrected chi connectivity index (χ2v) is 11.6. The molecule has 0 aliphatic rings. The van der Waals surface area contributed by atoms with E-state index in [9.17, 15) is 4.79 Å². The third kappa shape index (κ3) is 3.40. The molecule has 0 fully saturated rings. The first kappa shape index (κ1) is 16.7. The summed E-state index contributed by atoms with van der Waals surface area (Å²) < 4.78 is 6.15. The molecule has 0 radical (unpaired) electrons. The van der Waals surface area contributed by atoms with Crippen LogP contribution in [0.3, 0.4) is 0 Å². The Morgan fingerprint density at radius 1 is 1.15 bits per heavy atom. The maximum absolute atomic E-state index is 11.1. The maximum Gasteiger partial charge on any atom is 0.328 e. The smallest absolute Gasteiger partial charge is 0.328 e. The summed E-state index contributed by atoms with van der Waals surface area (Å²) in [5, 5.41) is 9.23. The quantitative estimate of drug-likeness (QED) is 0.836. The highest BCUT2D eigenvalue weighted by atomic mass is 28.4. The summed E-state index contributed by atoms with van der Waals surface area (Å²) in [6.45, 7) is 12.4. The Morgan fingerprint density at radius 3 is 1.95 bits per heavy atom. The monoisotopic (exact) mass is 295 g/mol. The SMILES string of the molecule is CC(N)(C(=O)O)c1ccc(O[Si](C)(C)C(C)(C)C)cc1. The van der Waals surface area contributed by atoms with Crippen LogP contribution in [0.4, 0.5) is 0 Å². The molecule has 20 heavy (non-hydrogen) atoms. The summed E-state index contributed by atoms with van der Waals surface area (Å²) in [6, 6.07) is 7.03. The minimum atomic E-state index is -1.88. The molecular weight excluding hydrogens is 270 g/mol. The maximum atomic E-state index is 11.1. The van der Waals surface area contributed by atoms with E-state index in [-0.39, 0.29) is 5.04 Å². The van der Waals surface area contributed by atoms with E-state index in [1.54, 1.807) is 24.3 Å². The van der Waals surface area contributed by atoms with Crippen LogP contribution in [0, 0.1) is 0 Å². The van der Waals surface area contributed by atoms with E-state index in [2.05, 4.69) is 33.9 Å². The fourth-order valence-electron chi connectivity index (χ4n) is 1.44. The first-order valence-electron chi connectivity index (χ1n) is 6.70. The lowest BCUT2D eigenvalue weighted by Crippen LogP contribution is -2.44. The van der Waals surface area contributed by atoms with E-state index in [1.165, 1.54) is 6.92 Å². The number of carbonyl (C=O) groups is 1. The molecule has 0 aliphatic carbocycles. The minimum Gasteiger partial charge on any atom is -0.544 e. The largest absolute Gasteiger partial charge is 0.544 e. The highest BCUT2D eigenvalue weighted by Crippen LogP contribution is 2.37. The predicted molar refractivity (Wildman–Crippen MR) is 83.4 cm³/mol. The average Bonchev–Trinajstić information content (AvgIpc) is 2.27. The van der Waals surface area contributed by atoms with Crippen LogP contribution in [0.2, 0.25) is 18.1 Å². The number of aliphatic carboxylic acids is 1. The van der Waals surface area contributed by atoms with Gasteiger partial charge in [-0.2, -0.15) is 0 Å². The Kier molecular flexibility index (Phi) is 4.36. The highest BCUT2D eigenvalue weighted by Gasteiger charge is 2.39. The molecule has 5 heteroatoms. The molecule has 0 heterocycles. The molecule has 4 nitrogen and oxygen atoms in total. The van der Waals surface area contributed by atoms with Gasteiger partial charge in [0.25, 0.3) is 0 Å². The lowest BCUT2D eigenvalue weighted by molar-refractivity contribution is -0.143. The van der Waals surface area contributed by atoms with Crippen LogP contribution in [-0.4, -0.2) is 19.4 Å². The van der Waals surface area contributed by atoms with Gasteiger partial charge in [0.2, 0.25) is 8.32 Å². The second-order valence-electron chi connectivity index (χ2n) is 6.89. The molecule has 0 bridgehead atoms. The number of carboxylic acid groups (broad SMARTS) is 1. The van der Waals surface area contributed by atoms with Crippen LogP contribution in [-0.2, 0) is 10.3 Å². The summed E-state index contributed by atoms with van der Waals surface area (Å²) >= 11 is 0. The summed E-state index contributed by atoms with van der Waals surface area (Å²) in [6.07, 6.45) is 0. The van der Waals surface area contributed by atoms with Gasteiger partial charge in [0.15, 0.2) is 0 Å². The molecule has 0 spiro atoms. The molecule has 112 valence electrons. The highest BCUT2D eigenvalue weighted by molar-refractivity contribution is 6.74. The zero-order valence-corrected chi connectivity index (χ0v) is 14.2. The van der Waals surface area contributed by atoms with Crippen molar-refractivity contribution in [3.8, 4) is 5.75 Å². The lowest BCUT2D eigenvalue weighted by atomic mass is 9.93. The van der Waals surface area contributed by atoms with Gasteiger partial charge in [0.1, 0.15) is 11.3 Å². The first-order chi connectivity index (χ1) is 8.88. The van der Waals surface area contributed by atoms with Crippen molar-refractivity contribution >= 4 is 14.3 Å². The number of hydrogen-bond donors (Lipinski definition) is 2. The predicted octanol–water partition coefficient (Wildman–Crippen LogP) is 3.33. The van der Waals surface area contributed by atoms with Gasteiger partial charge in [0, 0.05) is 0 Å². The van der Waals surface area contributed by atoms with Crippen molar-refractivity contribution in [3.63, 3.8) is 0 Å². The van der Waals surface area contributed by atoms with E-state index >= 15 is 0 Å². The number of benzene rings is 1. The molecule has 1 unspecified atom stereocenters. The molecule has 1 atom stereocenters. The van der Waals surface area contributed by atoms with Gasteiger partial charge in [-0.3, -0.25) is 0 Å². The first-order valence-corrected chi connectivity index (χ1v) is 9.60. The minimum absolute atomic E-state index is 0.120. The van der Waals surface area contributed by atoms with Gasteiger partial charge in [0.05, 0.1) is 0 Å². The van der Waals surface area contributed by atoms with Crippen molar-refractivity contribution in [2.45, 2.75) is 51.4 Å². The van der Waals surface area contributed by atoms with Crippen molar-refractivity contribution in [1.82, 2.24) is 0 Å². The Morgan fingerprint density at radius 2 is 1.60 bits per heavy atom. The van der Waals surface area contributed by atoms with Gasteiger partial charge in [-0.1, -0.05) is 32.9 Å². The normalized spacial score (nSPS) is 15.6. The third-order valence-electron chi connectivity index (χ3n) is 4.08. The van der Waals surface area contributed by atoms with Gasteiger partial charge >= 0.3 is 5.97 Å². The van der Waals surface area contributed by atoms with E-state index in [4.69, 9.17) is 15.3 Å². The number of nitrogens with two attached hydrogens (primary N) is 1. The van der Waals surface area contributed by atoms with Crippen molar-refractivity contribution < 1.29 is 14.3 Å². The Hall–Kier alpha value is -1.33. The van der Waals surface area contributed by atoms with Crippen LogP contribution >= 0.6 is 0 Å². The molecule has 1 aromatic rings. The molecule has 0 saturated heterocycles. The Bertz CT molecular complexity index is 487. The second kappa shape index (κ2) is 5.22. The van der Waals surface area contributed by atoms with Crippen LogP contribution < -0.4 is 10.2 Å². The fraction of sp³-hybridized carbons (Fsp3) is 0.533. The van der Waals surface area contributed by atoms with Crippen molar-refractivity contribution in [3.05, 3.63) is 29.8 Å². The van der Waals surface area contributed by atoms with Crippen LogP contribution in [0.15, 0.2) is 24.3 Å². The lowest BCUT2D eigenvalue weighted by Gasteiger charge is -2.36. The molecule has 0 amide bonds. The number of carboxylic acids is 1. The molecular formula is C15H25NO3Si. The summed E-state index contributed by atoms with van der Waals surface area (Å²) in [7, 11) is -1.88. The number of rotatable bonds is 4. The van der Waals surface area contributed by atoms with Crippen molar-refractivity contribution in [2.75, 3.05) is 0 Å². The van der Waals surface area contributed by atoms with E-state index < -0.39 is 19.8 Å². The topological polar surface area (TPSA) is 72.6 Å². The van der Waals surface area contributed by atoms with Gasteiger partial charge < -0.3 is 15.3 Å². The van der Waals surface area contributed by atoms with Gasteiger partial charge in [-0.25, -0.2) is 4.79 Å². The van der Waals surface area contributed by atoms with Crippen LogP contribution in [0.5, 0.6) is 5.75 Å². The molecule has 0 aliphatic heterocycles. The molecule has 3 N–H and O–H groups in total. The standard InChI is InChI=1S/C15H25NO3Si/c1-14(2,3)20(5,6)19-12-9-7-11(8-10-12)15(4,16)13(17)18/h7-10H,16H2,1-6H3,(H,17,18). The van der Waals surface area contributed by atoms with Crippen LogP contribution in [0.25, 0.3) is 0 Å². The zero-order valence-electron chi connectivity index (χ0n) is 13.2. The molecule has 1 rings (SSSR count). The Labute approximate surface area is 122 Å². The summed E-state index contributed by atoms with van der Waals surface area (Å²) in [5.74, 6) is -0.280. The average molecular weight is 295 g/mol. The van der Waals surface area contributed by atoms with Gasteiger partial charge in [-0.05, 0) is 42.8 Å². The third-order valence-corrected chi connectivity index (χ3v) is 8.44. The van der Waals surface area contributed by atoms with Gasteiger partial charge in [-0.15, -0.1) is 0 Å².